The van der Waals surface area contributed by atoms with Crippen molar-refractivity contribution < 1.29 is 28.6 Å². The van der Waals surface area contributed by atoms with Gasteiger partial charge in [-0.05, 0) is 122 Å². The highest BCUT2D eigenvalue weighted by Gasteiger charge is 2.19. The highest BCUT2D eigenvalue weighted by Crippen LogP contribution is 2.13. The summed E-state index contributed by atoms with van der Waals surface area (Å²) in [6.07, 6.45) is 83.0. The van der Waals surface area contributed by atoms with Crippen molar-refractivity contribution in [2.75, 3.05) is 13.2 Å². The van der Waals surface area contributed by atoms with Crippen LogP contribution in [0.1, 0.15) is 226 Å². The quantitative estimate of drug-likeness (QED) is 0.0262. The molecular formula is C65H102O6. The van der Waals surface area contributed by atoms with Crippen LogP contribution in [0.3, 0.4) is 0 Å². The number of allylic oxidation sites excluding steroid dienone is 24. The van der Waals surface area contributed by atoms with Crippen LogP contribution >= 0.6 is 0 Å². The molecule has 1 atom stereocenters. The van der Waals surface area contributed by atoms with Crippen LogP contribution in [0.25, 0.3) is 0 Å². The van der Waals surface area contributed by atoms with Crippen molar-refractivity contribution in [1.29, 1.82) is 0 Å². The van der Waals surface area contributed by atoms with Gasteiger partial charge in [-0.3, -0.25) is 14.4 Å². The molecule has 0 aromatic heterocycles. The lowest BCUT2D eigenvalue weighted by Crippen LogP contribution is -2.30. The van der Waals surface area contributed by atoms with Crippen molar-refractivity contribution in [3.63, 3.8) is 0 Å². The molecule has 0 amide bonds. The molecule has 0 bridgehead atoms. The van der Waals surface area contributed by atoms with E-state index < -0.39 is 6.10 Å². The van der Waals surface area contributed by atoms with Crippen molar-refractivity contribution >= 4 is 17.9 Å². The Labute approximate surface area is 436 Å². The fourth-order valence-corrected chi connectivity index (χ4v) is 7.15. The first-order valence-corrected chi connectivity index (χ1v) is 28.3. The van der Waals surface area contributed by atoms with E-state index in [1.54, 1.807) is 0 Å². The fourth-order valence-electron chi connectivity index (χ4n) is 7.15. The van der Waals surface area contributed by atoms with E-state index in [1.807, 2.05) is 0 Å². The molecule has 0 aliphatic carbocycles. The summed E-state index contributed by atoms with van der Waals surface area (Å²) in [5, 5.41) is 0. The van der Waals surface area contributed by atoms with Gasteiger partial charge in [0.15, 0.2) is 6.10 Å². The van der Waals surface area contributed by atoms with Crippen LogP contribution in [0.15, 0.2) is 146 Å². The number of carbonyl (C=O) groups excluding carboxylic acids is 3. The van der Waals surface area contributed by atoms with Gasteiger partial charge in [-0.15, -0.1) is 0 Å². The third kappa shape index (κ3) is 56.1. The van der Waals surface area contributed by atoms with Gasteiger partial charge in [-0.2, -0.15) is 0 Å². The predicted molar refractivity (Wildman–Crippen MR) is 306 cm³/mol. The summed E-state index contributed by atoms with van der Waals surface area (Å²) in [6, 6.07) is 0. The van der Waals surface area contributed by atoms with E-state index in [9.17, 15) is 14.4 Å². The van der Waals surface area contributed by atoms with Crippen LogP contribution in [0.2, 0.25) is 0 Å². The molecule has 0 rings (SSSR count). The minimum absolute atomic E-state index is 0.0999. The maximum Gasteiger partial charge on any atom is 0.306 e. The summed E-state index contributed by atoms with van der Waals surface area (Å²) in [6.45, 7) is 6.27. The molecule has 1 unspecified atom stereocenters. The number of hydrogen-bond donors (Lipinski definition) is 0. The summed E-state index contributed by atoms with van der Waals surface area (Å²) in [5.41, 5.74) is 0. The maximum absolute atomic E-state index is 12.8. The van der Waals surface area contributed by atoms with Crippen molar-refractivity contribution in [1.82, 2.24) is 0 Å². The molecule has 71 heavy (non-hydrogen) atoms. The molecule has 0 aromatic carbocycles. The van der Waals surface area contributed by atoms with Crippen LogP contribution in [-0.2, 0) is 28.6 Å². The molecule has 6 nitrogen and oxygen atoms in total. The number of esters is 3. The number of hydrogen-bond acceptors (Lipinski definition) is 6. The van der Waals surface area contributed by atoms with E-state index >= 15 is 0 Å². The highest BCUT2D eigenvalue weighted by atomic mass is 16.6. The van der Waals surface area contributed by atoms with Crippen LogP contribution in [-0.4, -0.2) is 37.2 Å². The largest absolute Gasteiger partial charge is 0.462 e. The summed E-state index contributed by atoms with van der Waals surface area (Å²) in [4.78, 5) is 37.8. The highest BCUT2D eigenvalue weighted by molar-refractivity contribution is 5.71. The monoisotopic (exact) mass is 979 g/mol. The summed E-state index contributed by atoms with van der Waals surface area (Å²) < 4.78 is 16.7. The summed E-state index contributed by atoms with van der Waals surface area (Å²) >= 11 is 0. The molecule has 0 aromatic rings. The minimum Gasteiger partial charge on any atom is -0.462 e. The molecule has 6 heteroatoms. The second-order valence-corrected chi connectivity index (χ2v) is 18.1. The van der Waals surface area contributed by atoms with E-state index in [0.717, 1.165) is 167 Å². The second-order valence-electron chi connectivity index (χ2n) is 18.1. The van der Waals surface area contributed by atoms with E-state index in [-0.39, 0.29) is 31.1 Å². The topological polar surface area (TPSA) is 78.9 Å². The first kappa shape index (κ1) is 66.3. The first-order valence-electron chi connectivity index (χ1n) is 28.3. The van der Waals surface area contributed by atoms with Gasteiger partial charge >= 0.3 is 17.9 Å². The summed E-state index contributed by atoms with van der Waals surface area (Å²) in [5.74, 6) is -0.968. The van der Waals surface area contributed by atoms with Gasteiger partial charge in [0.1, 0.15) is 13.2 Å². The van der Waals surface area contributed by atoms with Gasteiger partial charge in [0, 0.05) is 19.3 Å². The zero-order chi connectivity index (χ0) is 51.4. The van der Waals surface area contributed by atoms with Crippen LogP contribution < -0.4 is 0 Å². The molecule has 0 spiro atoms. The van der Waals surface area contributed by atoms with Gasteiger partial charge in [0.05, 0.1) is 0 Å². The van der Waals surface area contributed by atoms with Crippen LogP contribution in [0, 0.1) is 0 Å². The van der Waals surface area contributed by atoms with Crippen molar-refractivity contribution in [3.05, 3.63) is 146 Å². The fraction of sp³-hybridized carbons (Fsp3) is 0.585. The molecule has 0 aliphatic rings. The molecule has 0 fully saturated rings. The molecular weight excluding hydrogens is 877 g/mol. The Morgan fingerprint density at radius 3 is 0.873 bits per heavy atom. The maximum atomic E-state index is 12.8. The Morgan fingerprint density at radius 1 is 0.296 bits per heavy atom. The summed E-state index contributed by atoms with van der Waals surface area (Å²) in [7, 11) is 0. The number of carbonyl (C=O) groups is 3. The average molecular weight is 980 g/mol. The third-order valence-electron chi connectivity index (χ3n) is 11.3. The Morgan fingerprint density at radius 2 is 0.549 bits per heavy atom. The van der Waals surface area contributed by atoms with Crippen molar-refractivity contribution in [2.24, 2.45) is 0 Å². The standard InChI is InChI=1S/C65H102O6/c1-4-7-10-13-15-17-19-21-23-25-27-29-31-32-34-35-37-39-41-43-45-47-49-52-55-58-64(67)70-61-62(60-69-63(66)57-54-51-12-9-6-3)71-65(68)59-56-53-50-48-46-44-42-40-38-36-33-30-28-26-24-22-20-18-16-14-11-8-5-2/h7-8,10-11,15-18,21-24,27-30,32,34,36-39,43,45,62H,4-6,9,12-14,19-20,25-26,31,33,35,40-42,44,46-61H2,1-3H3/b10-7-,11-8-,17-15-,18-16-,23-21-,24-22-,29-27-,30-28-,34-32-,38-36-,39-37-,45-43-. The molecule has 0 radical (unpaired) electrons. The lowest BCUT2D eigenvalue weighted by atomic mass is 10.1. The minimum atomic E-state index is -0.801. The van der Waals surface area contributed by atoms with Gasteiger partial charge in [0.25, 0.3) is 0 Å². The molecule has 0 heterocycles. The molecule has 0 saturated heterocycles. The lowest BCUT2D eigenvalue weighted by molar-refractivity contribution is -0.167. The van der Waals surface area contributed by atoms with E-state index in [1.165, 1.54) is 19.3 Å². The van der Waals surface area contributed by atoms with Crippen molar-refractivity contribution in [2.45, 2.75) is 232 Å². The van der Waals surface area contributed by atoms with E-state index in [2.05, 4.69) is 167 Å². The number of unbranched alkanes of at least 4 members (excludes halogenated alkanes) is 14. The van der Waals surface area contributed by atoms with Gasteiger partial charge < -0.3 is 14.2 Å². The second kappa shape index (κ2) is 57.9. The van der Waals surface area contributed by atoms with E-state index in [4.69, 9.17) is 14.2 Å². The van der Waals surface area contributed by atoms with E-state index in [0.29, 0.717) is 19.3 Å². The normalized spacial score (nSPS) is 13.2. The van der Waals surface area contributed by atoms with Crippen LogP contribution in [0.5, 0.6) is 0 Å². The molecule has 0 aliphatic heterocycles. The van der Waals surface area contributed by atoms with Gasteiger partial charge in [-0.1, -0.05) is 231 Å². The van der Waals surface area contributed by atoms with Crippen LogP contribution in [0.4, 0.5) is 0 Å². The van der Waals surface area contributed by atoms with Gasteiger partial charge in [-0.25, -0.2) is 0 Å². The lowest BCUT2D eigenvalue weighted by Gasteiger charge is -2.18. The smallest absolute Gasteiger partial charge is 0.306 e. The number of ether oxygens (including phenoxy) is 3. The zero-order valence-electron chi connectivity index (χ0n) is 45.4. The first-order chi connectivity index (χ1) is 35.0. The molecule has 0 N–H and O–H groups in total. The Bertz CT molecular complexity index is 1590. The Hall–Kier alpha value is -4.71. The Kier molecular flexibility index (Phi) is 54.0. The Balaban J connectivity index is 4.25. The molecule has 0 saturated carbocycles. The third-order valence-corrected chi connectivity index (χ3v) is 11.3. The predicted octanol–water partition coefficient (Wildman–Crippen LogP) is 19.2. The molecule has 398 valence electrons. The van der Waals surface area contributed by atoms with Gasteiger partial charge in [0.2, 0.25) is 0 Å². The zero-order valence-corrected chi connectivity index (χ0v) is 45.4. The SMILES string of the molecule is CC/C=C\C/C=C\C/C=C\C/C=C\C/C=C\C/C=C\C/C=C\CCCCCC(=O)OCC(COC(=O)CCCCCCC)OC(=O)CCCCCCCCC/C=C\C/C=C\C/C=C\C/C=C\C/C=C\CC. The number of rotatable bonds is 49. The van der Waals surface area contributed by atoms with Crippen molar-refractivity contribution in [3.8, 4) is 0 Å². The average Bonchev–Trinajstić information content (AvgIpc) is 3.37.